The molecule has 5 N–H and O–H groups in total. The summed E-state index contributed by atoms with van der Waals surface area (Å²) in [4.78, 5) is 11.3. The molecule has 0 aliphatic carbocycles. The van der Waals surface area contributed by atoms with Gasteiger partial charge in [-0.3, -0.25) is 0 Å². The predicted molar refractivity (Wildman–Crippen MR) is 223 cm³/mol. The quantitative estimate of drug-likeness (QED) is 0.116. The Morgan fingerprint density at radius 2 is 1.26 bits per heavy atom. The number of nitrogens with zero attached hydrogens (tertiary/aromatic N) is 6. The lowest BCUT2D eigenvalue weighted by atomic mass is 9.96. The second kappa shape index (κ2) is 17.1. The van der Waals surface area contributed by atoms with Crippen LogP contribution >= 0.6 is 0 Å². The summed E-state index contributed by atoms with van der Waals surface area (Å²) in [6, 6.07) is 25.1. The van der Waals surface area contributed by atoms with Crippen LogP contribution in [0.4, 0.5) is 20.6 Å². The highest BCUT2D eigenvalue weighted by Gasteiger charge is 2.45. The van der Waals surface area contributed by atoms with Gasteiger partial charge in [-0.2, -0.15) is 4.31 Å². The molecule has 2 heterocycles. The van der Waals surface area contributed by atoms with Crippen molar-refractivity contribution in [1.82, 2.24) is 29.4 Å². The van der Waals surface area contributed by atoms with E-state index in [9.17, 15) is 22.7 Å². The van der Waals surface area contributed by atoms with Gasteiger partial charge in [0, 0.05) is 31.7 Å². The van der Waals surface area contributed by atoms with Crippen molar-refractivity contribution in [3.63, 3.8) is 0 Å². The highest BCUT2D eigenvalue weighted by Crippen LogP contribution is 2.45. The number of benzene rings is 5. The third-order valence-corrected chi connectivity index (χ3v) is 14.5. The van der Waals surface area contributed by atoms with Crippen LogP contribution in [0.5, 0.6) is 17.2 Å². The first-order chi connectivity index (χ1) is 29.2. The summed E-state index contributed by atoms with van der Waals surface area (Å²) in [7, 11) is -5.16. The Hall–Kier alpha value is -6.77. The first-order valence-electron chi connectivity index (χ1n) is 18.5. The normalized spacial score (nSPS) is 13.2. The molecule has 20 heteroatoms. The predicted octanol–water partition coefficient (Wildman–Crippen LogP) is 4.91. The Morgan fingerprint density at radius 3 is 1.77 bits per heavy atom. The number of methoxy groups -OCH3 is 3. The van der Waals surface area contributed by atoms with Crippen LogP contribution in [-0.2, 0) is 39.5 Å². The zero-order valence-corrected chi connectivity index (χ0v) is 34.7. The summed E-state index contributed by atoms with van der Waals surface area (Å²) in [6.07, 6.45) is -1.33. The molecule has 1 aromatic heterocycles. The largest absolute Gasteiger partial charge is 0.497 e. The van der Waals surface area contributed by atoms with Gasteiger partial charge in [0.1, 0.15) is 33.2 Å². The van der Waals surface area contributed by atoms with E-state index in [-0.39, 0.29) is 47.8 Å². The molecule has 0 unspecified atom stereocenters. The maximum Gasteiger partial charge on any atom is 0.407 e. The number of hydrogen-bond acceptors (Lipinski definition) is 13. The molecular weight excluding hydrogens is 832 g/mol. The molecule has 1 aliphatic heterocycles. The number of ether oxygens (including phenoxy) is 3. The Kier molecular flexibility index (Phi) is 11.9. The van der Waals surface area contributed by atoms with Crippen LogP contribution in [0.15, 0.2) is 107 Å². The molecule has 1 fully saturated rings. The number of tetrazole rings is 1. The number of rotatable bonds is 15. The lowest BCUT2D eigenvalue weighted by molar-refractivity contribution is 0.120. The van der Waals surface area contributed by atoms with Gasteiger partial charge in [0.2, 0.25) is 10.0 Å². The molecule has 6 aromatic rings. The first-order valence-corrected chi connectivity index (χ1v) is 21.5. The van der Waals surface area contributed by atoms with Crippen molar-refractivity contribution < 1.29 is 45.3 Å². The van der Waals surface area contributed by atoms with Gasteiger partial charge in [0.05, 0.1) is 49.7 Å². The lowest BCUT2D eigenvalue weighted by Crippen LogP contribution is -2.56. The van der Waals surface area contributed by atoms with Crippen LogP contribution in [0.25, 0.3) is 22.5 Å². The fourth-order valence-electron chi connectivity index (χ4n) is 6.92. The number of carbonyl (C=O) groups is 1. The summed E-state index contributed by atoms with van der Waals surface area (Å²) in [5, 5.41) is 20.7. The molecule has 17 nitrogen and oxygen atoms in total. The van der Waals surface area contributed by atoms with Gasteiger partial charge in [-0.1, -0.05) is 42.5 Å². The number of carboxylic acid groups (broad SMARTS) is 1. The van der Waals surface area contributed by atoms with Gasteiger partial charge in [0.15, 0.2) is 15.7 Å². The van der Waals surface area contributed by atoms with Gasteiger partial charge < -0.3 is 35.7 Å². The zero-order valence-electron chi connectivity index (χ0n) is 33.1. The minimum absolute atomic E-state index is 0.0159. The Labute approximate surface area is 350 Å². The molecule has 7 rings (SSSR count). The Balaban J connectivity index is 1.53. The van der Waals surface area contributed by atoms with Crippen LogP contribution in [0.3, 0.4) is 0 Å². The van der Waals surface area contributed by atoms with Crippen LogP contribution in [0, 0.1) is 5.82 Å². The van der Waals surface area contributed by atoms with Crippen molar-refractivity contribution in [2.45, 2.75) is 34.7 Å². The van der Waals surface area contributed by atoms with Crippen LogP contribution in [0.2, 0.25) is 0 Å². The van der Waals surface area contributed by atoms with Crippen LogP contribution < -0.4 is 25.7 Å². The van der Waals surface area contributed by atoms with Crippen molar-refractivity contribution in [2.75, 3.05) is 45.9 Å². The number of nitrogen functional groups attached to an aromatic ring is 2. The summed E-state index contributed by atoms with van der Waals surface area (Å²) in [6.45, 7) is -1.38. The van der Waals surface area contributed by atoms with Gasteiger partial charge in [0.25, 0.3) is 0 Å². The molecule has 1 amide bonds. The van der Waals surface area contributed by atoms with Crippen molar-refractivity contribution in [2.24, 2.45) is 0 Å². The minimum Gasteiger partial charge on any atom is -0.497 e. The van der Waals surface area contributed by atoms with Gasteiger partial charge in [-0.25, -0.2) is 30.7 Å². The molecule has 0 radical (unpaired) electrons. The number of aromatic nitrogens is 4. The molecule has 1 aliphatic rings. The van der Waals surface area contributed by atoms with Crippen LogP contribution in [0.1, 0.15) is 16.7 Å². The van der Waals surface area contributed by atoms with Crippen molar-refractivity contribution in [1.29, 1.82) is 0 Å². The Morgan fingerprint density at radius 1 is 0.754 bits per heavy atom. The smallest absolute Gasteiger partial charge is 0.407 e. The standard InChI is InChI=1S/C41H41FN8O9S2/c1-57-28-10-4-25(5-11-28)20-49(21-26-6-12-29(58-2)13-7-26)61(55,56)39-35(60(53,54)31-23-48(24-31)41(51)52)19-17-32(33-16-18-34(42)38(44)37(33)43)36(39)40-45-46-47-50(40)22-27-8-14-30(59-3)15-9-27/h4-19,31H,20-24,43-44H2,1-3H3,(H,51,52). The summed E-state index contributed by atoms with van der Waals surface area (Å²) < 4.78 is 94.6. The van der Waals surface area contributed by atoms with Gasteiger partial charge in [-0.15, -0.1) is 5.10 Å². The minimum atomic E-state index is -5.02. The van der Waals surface area contributed by atoms with E-state index in [2.05, 4.69) is 15.5 Å². The monoisotopic (exact) mass is 872 g/mol. The fourth-order valence-corrected chi connectivity index (χ4v) is 11.0. The van der Waals surface area contributed by atoms with E-state index in [1.807, 2.05) is 0 Å². The molecule has 0 atom stereocenters. The molecule has 318 valence electrons. The zero-order chi connectivity index (χ0) is 43.6. The van der Waals surface area contributed by atoms with E-state index < -0.39 is 65.6 Å². The number of halogens is 1. The second-order valence-corrected chi connectivity index (χ2v) is 18.1. The maximum absolute atomic E-state index is 15.9. The van der Waals surface area contributed by atoms with E-state index in [0.717, 1.165) is 21.3 Å². The number of amides is 1. The SMILES string of the molecule is COc1ccc(CN(Cc2ccc(OC)cc2)S(=O)(=O)c2c(S(=O)(=O)C3CN(C(=O)O)C3)ccc(-c3ccc(F)c(N)c3N)c2-c2nnnn2Cc2ccc(OC)cc2)cc1. The number of nitrogens with two attached hydrogens (primary N) is 2. The van der Waals surface area contributed by atoms with E-state index >= 15 is 8.42 Å². The third kappa shape index (κ3) is 8.37. The highest BCUT2D eigenvalue weighted by atomic mass is 32.2. The fraction of sp³-hybridized carbons (Fsp3) is 0.220. The number of likely N-dealkylation sites (tertiary alicyclic amines) is 1. The average Bonchev–Trinajstić information content (AvgIpc) is 3.69. The third-order valence-electron chi connectivity index (χ3n) is 10.4. The summed E-state index contributed by atoms with van der Waals surface area (Å²) in [5.41, 5.74) is 13.4. The topological polar surface area (TPSA) is 235 Å². The number of anilines is 2. The Bertz CT molecular complexity index is 2750. The maximum atomic E-state index is 15.9. The molecule has 0 saturated carbocycles. The highest BCUT2D eigenvalue weighted by molar-refractivity contribution is 7.94. The van der Waals surface area contributed by atoms with Crippen molar-refractivity contribution in [3.05, 3.63) is 120 Å². The lowest BCUT2D eigenvalue weighted by Gasteiger charge is -2.37. The van der Waals surface area contributed by atoms with E-state index in [1.54, 1.807) is 72.8 Å². The molecule has 0 spiro atoms. The second-order valence-electron chi connectivity index (χ2n) is 14.1. The molecule has 1 saturated heterocycles. The molecule has 5 aromatic carbocycles. The summed E-state index contributed by atoms with van der Waals surface area (Å²) in [5.74, 6) is 0.598. The summed E-state index contributed by atoms with van der Waals surface area (Å²) >= 11 is 0. The molecule has 61 heavy (non-hydrogen) atoms. The van der Waals surface area contributed by atoms with Crippen molar-refractivity contribution >= 4 is 37.3 Å². The van der Waals surface area contributed by atoms with E-state index in [4.69, 9.17) is 25.7 Å². The molecular formula is C41H41FN8O9S2. The van der Waals surface area contributed by atoms with Gasteiger partial charge in [-0.05, 0) is 87.3 Å². The van der Waals surface area contributed by atoms with Gasteiger partial charge >= 0.3 is 6.09 Å². The molecule has 0 bridgehead atoms. The van der Waals surface area contributed by atoms with Crippen LogP contribution in [-0.4, -0.2) is 97.1 Å². The first kappa shape index (κ1) is 42.4. The number of sulfone groups is 1. The van der Waals surface area contributed by atoms with E-state index in [1.165, 1.54) is 38.1 Å². The number of hydrogen-bond donors (Lipinski definition) is 3. The average molecular weight is 873 g/mol. The van der Waals surface area contributed by atoms with Crippen molar-refractivity contribution in [3.8, 4) is 39.8 Å². The van der Waals surface area contributed by atoms with E-state index in [0.29, 0.717) is 33.9 Å². The number of sulfonamides is 1.